The fourth-order valence-electron chi connectivity index (χ4n) is 1.58. The first-order valence-electron chi connectivity index (χ1n) is 4.30. The topological polar surface area (TPSA) is 20.2 Å². The zero-order chi connectivity index (χ0) is 8.27. The molecule has 0 aromatic heterocycles. The first-order chi connectivity index (χ1) is 5.27. The molecule has 62 valence electrons. The lowest BCUT2D eigenvalue weighted by molar-refractivity contribution is 0.332. The van der Waals surface area contributed by atoms with Gasteiger partial charge >= 0.3 is 0 Å². The molecule has 0 aliphatic heterocycles. The van der Waals surface area contributed by atoms with Crippen molar-refractivity contribution in [2.75, 3.05) is 0 Å². The molecule has 0 heterocycles. The van der Waals surface area contributed by atoms with Crippen molar-refractivity contribution < 1.29 is 5.11 Å². The summed E-state index contributed by atoms with van der Waals surface area (Å²) < 4.78 is 0. The summed E-state index contributed by atoms with van der Waals surface area (Å²) in [7, 11) is 0. The van der Waals surface area contributed by atoms with E-state index in [9.17, 15) is 5.11 Å². The number of aliphatic hydroxyl groups is 1. The third kappa shape index (κ3) is 1.86. The van der Waals surface area contributed by atoms with Crippen LogP contribution in [0.4, 0.5) is 0 Å². The van der Waals surface area contributed by atoms with Gasteiger partial charge in [-0.25, -0.2) is 0 Å². The first kappa shape index (κ1) is 8.38. The van der Waals surface area contributed by atoms with Crippen molar-refractivity contribution in [1.82, 2.24) is 0 Å². The lowest BCUT2D eigenvalue weighted by Crippen LogP contribution is -2.07. The van der Waals surface area contributed by atoms with Crippen LogP contribution in [0.25, 0.3) is 0 Å². The van der Waals surface area contributed by atoms with Gasteiger partial charge in [-0.2, -0.15) is 0 Å². The monoisotopic (exact) mass is 152 g/mol. The molecule has 1 atom stereocenters. The Morgan fingerprint density at radius 1 is 1.73 bits per heavy atom. The van der Waals surface area contributed by atoms with Gasteiger partial charge < -0.3 is 5.11 Å². The van der Waals surface area contributed by atoms with Gasteiger partial charge in [0.15, 0.2) is 0 Å². The SMILES string of the molecule is C=CC1CCC(CC)=C(O)C1. The minimum absolute atomic E-state index is 0.505. The minimum Gasteiger partial charge on any atom is -0.512 e. The highest BCUT2D eigenvalue weighted by Crippen LogP contribution is 2.29. The van der Waals surface area contributed by atoms with E-state index in [1.807, 2.05) is 6.08 Å². The Kier molecular flexibility index (Phi) is 2.75. The predicted molar refractivity (Wildman–Crippen MR) is 47.5 cm³/mol. The van der Waals surface area contributed by atoms with E-state index in [4.69, 9.17) is 0 Å². The van der Waals surface area contributed by atoms with Crippen LogP contribution in [0.15, 0.2) is 24.0 Å². The summed E-state index contributed by atoms with van der Waals surface area (Å²) in [5.74, 6) is 1.12. The molecule has 0 saturated heterocycles. The van der Waals surface area contributed by atoms with Crippen LogP contribution < -0.4 is 0 Å². The number of hydrogen-bond donors (Lipinski definition) is 1. The molecule has 0 saturated carbocycles. The molecule has 1 heteroatoms. The third-order valence-electron chi connectivity index (χ3n) is 2.44. The van der Waals surface area contributed by atoms with Gasteiger partial charge in [-0.05, 0) is 30.8 Å². The second kappa shape index (κ2) is 3.61. The van der Waals surface area contributed by atoms with Gasteiger partial charge in [-0.1, -0.05) is 13.0 Å². The lowest BCUT2D eigenvalue weighted by Gasteiger charge is -2.20. The molecule has 0 fully saturated rings. The van der Waals surface area contributed by atoms with E-state index in [2.05, 4.69) is 13.5 Å². The molecule has 1 rings (SSSR count). The highest BCUT2D eigenvalue weighted by molar-refractivity contribution is 5.13. The molecule has 1 N–H and O–H groups in total. The summed E-state index contributed by atoms with van der Waals surface area (Å²) in [6.45, 7) is 5.83. The van der Waals surface area contributed by atoms with Crippen molar-refractivity contribution in [3.63, 3.8) is 0 Å². The summed E-state index contributed by atoms with van der Waals surface area (Å²) in [6, 6.07) is 0. The van der Waals surface area contributed by atoms with Crippen LogP contribution in [0.5, 0.6) is 0 Å². The standard InChI is InChI=1S/C10H16O/c1-3-8-5-6-9(4-2)10(11)7-8/h3,8,11H,1,4-7H2,2H3. The largest absolute Gasteiger partial charge is 0.512 e. The summed E-state index contributed by atoms with van der Waals surface area (Å²) >= 11 is 0. The zero-order valence-electron chi connectivity index (χ0n) is 7.14. The Hall–Kier alpha value is -0.720. The highest BCUT2D eigenvalue weighted by atomic mass is 16.3. The van der Waals surface area contributed by atoms with Crippen LogP contribution in [-0.2, 0) is 0 Å². The molecule has 1 aliphatic carbocycles. The van der Waals surface area contributed by atoms with Gasteiger partial charge in [-0.3, -0.25) is 0 Å². The summed E-state index contributed by atoms with van der Waals surface area (Å²) in [5, 5.41) is 9.50. The van der Waals surface area contributed by atoms with Crippen molar-refractivity contribution in [3.8, 4) is 0 Å². The molecule has 11 heavy (non-hydrogen) atoms. The lowest BCUT2D eigenvalue weighted by atomic mass is 9.87. The van der Waals surface area contributed by atoms with E-state index in [1.165, 1.54) is 5.57 Å². The number of aliphatic hydroxyl groups excluding tert-OH is 1. The quantitative estimate of drug-likeness (QED) is 0.602. The molecule has 0 aromatic carbocycles. The normalized spacial score (nSPS) is 25.4. The van der Waals surface area contributed by atoms with Crippen LogP contribution in [0.1, 0.15) is 32.6 Å². The van der Waals surface area contributed by atoms with Crippen molar-refractivity contribution >= 4 is 0 Å². The summed E-state index contributed by atoms with van der Waals surface area (Å²) in [5.41, 5.74) is 1.24. The van der Waals surface area contributed by atoms with E-state index >= 15 is 0 Å². The van der Waals surface area contributed by atoms with E-state index in [0.717, 1.165) is 25.7 Å². The number of allylic oxidation sites excluding steroid dienone is 3. The van der Waals surface area contributed by atoms with Crippen LogP contribution in [0, 0.1) is 5.92 Å². The van der Waals surface area contributed by atoms with Crippen LogP contribution >= 0.6 is 0 Å². The molecule has 1 unspecified atom stereocenters. The molecule has 0 spiro atoms. The Bertz CT molecular complexity index is 179. The molecule has 0 amide bonds. The molecule has 0 aromatic rings. The van der Waals surface area contributed by atoms with Crippen LogP contribution in [-0.4, -0.2) is 5.11 Å². The van der Waals surface area contributed by atoms with Crippen molar-refractivity contribution in [2.24, 2.45) is 5.92 Å². The minimum atomic E-state index is 0.505. The van der Waals surface area contributed by atoms with E-state index in [-0.39, 0.29) is 0 Å². The molecule has 1 aliphatic rings. The second-order valence-electron chi connectivity index (χ2n) is 3.14. The van der Waals surface area contributed by atoms with Crippen LogP contribution in [0.2, 0.25) is 0 Å². The first-order valence-corrected chi connectivity index (χ1v) is 4.30. The molecule has 1 nitrogen and oxygen atoms in total. The maximum atomic E-state index is 9.50. The van der Waals surface area contributed by atoms with E-state index < -0.39 is 0 Å². The third-order valence-corrected chi connectivity index (χ3v) is 2.44. The Morgan fingerprint density at radius 3 is 2.91 bits per heavy atom. The van der Waals surface area contributed by atoms with Gasteiger partial charge in [0, 0.05) is 6.42 Å². The fourth-order valence-corrected chi connectivity index (χ4v) is 1.58. The van der Waals surface area contributed by atoms with Gasteiger partial charge in [0.1, 0.15) is 0 Å². The second-order valence-corrected chi connectivity index (χ2v) is 3.14. The maximum absolute atomic E-state index is 9.50. The summed E-state index contributed by atoms with van der Waals surface area (Å²) in [6.07, 6.45) is 5.97. The Labute approximate surface area is 68.4 Å². The average Bonchev–Trinajstić information content (AvgIpc) is 2.04. The fraction of sp³-hybridized carbons (Fsp3) is 0.600. The average molecular weight is 152 g/mol. The van der Waals surface area contributed by atoms with Gasteiger partial charge in [0.05, 0.1) is 5.76 Å². The molecule has 0 bridgehead atoms. The van der Waals surface area contributed by atoms with Gasteiger partial charge in [0.2, 0.25) is 0 Å². The van der Waals surface area contributed by atoms with Crippen molar-refractivity contribution in [2.45, 2.75) is 32.6 Å². The summed E-state index contributed by atoms with van der Waals surface area (Å²) in [4.78, 5) is 0. The van der Waals surface area contributed by atoms with Gasteiger partial charge in [0.25, 0.3) is 0 Å². The predicted octanol–water partition coefficient (Wildman–Crippen LogP) is 3.19. The Balaban J connectivity index is 2.63. The van der Waals surface area contributed by atoms with E-state index in [0.29, 0.717) is 11.7 Å². The van der Waals surface area contributed by atoms with Crippen LogP contribution in [0.3, 0.4) is 0 Å². The highest BCUT2D eigenvalue weighted by Gasteiger charge is 2.16. The van der Waals surface area contributed by atoms with Crippen molar-refractivity contribution in [1.29, 1.82) is 0 Å². The van der Waals surface area contributed by atoms with E-state index in [1.54, 1.807) is 0 Å². The van der Waals surface area contributed by atoms with Gasteiger partial charge in [-0.15, -0.1) is 6.58 Å². The number of rotatable bonds is 2. The number of hydrogen-bond acceptors (Lipinski definition) is 1. The molecule has 0 radical (unpaired) electrons. The molecular weight excluding hydrogens is 136 g/mol. The maximum Gasteiger partial charge on any atom is 0.0920 e. The molecular formula is C10H16O. The zero-order valence-corrected chi connectivity index (χ0v) is 7.14. The Morgan fingerprint density at radius 2 is 2.45 bits per heavy atom. The smallest absolute Gasteiger partial charge is 0.0920 e. The van der Waals surface area contributed by atoms with Crippen molar-refractivity contribution in [3.05, 3.63) is 24.0 Å².